The summed E-state index contributed by atoms with van der Waals surface area (Å²) in [6.45, 7) is 0. The van der Waals surface area contributed by atoms with Crippen LogP contribution in [0.25, 0.3) is 87.4 Å². The summed E-state index contributed by atoms with van der Waals surface area (Å²) >= 11 is 0. The van der Waals surface area contributed by atoms with Gasteiger partial charge in [0.25, 0.3) is 0 Å². The molecule has 1 heterocycles. The Bertz CT molecular complexity index is 3500. The average Bonchev–Trinajstić information content (AvgIpc) is 3.69. The molecule has 20 heteroatoms. The van der Waals surface area contributed by atoms with Crippen molar-refractivity contribution in [2.24, 2.45) is 9.98 Å². The van der Waals surface area contributed by atoms with Crippen LogP contribution in [0.4, 0.5) is 61.5 Å². The molecular formula is C40H6F14N6. The van der Waals surface area contributed by atoms with Gasteiger partial charge in [-0.25, -0.2) is 71.4 Å². The summed E-state index contributed by atoms with van der Waals surface area (Å²) in [4.78, 5) is 16.4. The number of rotatable bonds is 2. The van der Waals surface area contributed by atoms with Crippen LogP contribution in [-0.4, -0.2) is 9.97 Å². The number of halogens is 14. The zero-order chi connectivity index (χ0) is 43.0. The van der Waals surface area contributed by atoms with E-state index in [0.717, 1.165) is 36.4 Å². The van der Waals surface area contributed by atoms with E-state index in [-0.39, 0.29) is 54.3 Å². The molecule has 6 nitrogen and oxygen atoms in total. The van der Waals surface area contributed by atoms with Gasteiger partial charge < -0.3 is 0 Å². The molecule has 0 N–H and O–H groups in total. The van der Waals surface area contributed by atoms with E-state index in [1.54, 1.807) is 0 Å². The minimum atomic E-state index is -2.52. The molecule has 1 aromatic heterocycles. The first-order chi connectivity index (χ1) is 28.5. The van der Waals surface area contributed by atoms with Gasteiger partial charge in [-0.1, -0.05) is 24.3 Å². The summed E-state index contributed by atoms with van der Waals surface area (Å²) in [5.41, 5.74) is -4.64. The van der Waals surface area contributed by atoms with E-state index in [2.05, 4.69) is 20.0 Å². The minimum Gasteiger partial charge on any atom is -0.241 e. The maximum absolute atomic E-state index is 15.8. The van der Waals surface area contributed by atoms with Crippen LogP contribution in [0.1, 0.15) is 0 Å². The lowest BCUT2D eigenvalue weighted by Crippen LogP contribution is -2.06. The van der Waals surface area contributed by atoms with Gasteiger partial charge in [-0.05, 0) is 23.3 Å². The molecule has 0 bridgehead atoms. The SMILES string of the molecule is N#CN=c1c2cc(-c3c(F)c(F)c4c(F)c(F)c(F)c(F)c4c3F)ccc2c2nc3c(=NC#N)c4cc(-c5c(F)c(F)c6c(F)c(F)c(F)c(F)c6c5F)ccc4c3nc12. The van der Waals surface area contributed by atoms with Crippen LogP contribution < -0.4 is 10.7 Å². The van der Waals surface area contributed by atoms with Crippen LogP contribution >= 0.6 is 0 Å². The van der Waals surface area contributed by atoms with E-state index in [4.69, 9.17) is 0 Å². The molecule has 0 unspecified atom stereocenters. The predicted molar refractivity (Wildman–Crippen MR) is 182 cm³/mol. The van der Waals surface area contributed by atoms with Crippen LogP contribution in [0.5, 0.6) is 0 Å². The smallest absolute Gasteiger partial charge is 0.206 e. The fraction of sp³-hybridized carbons (Fsp3) is 0. The first-order valence-electron chi connectivity index (χ1n) is 16.4. The van der Waals surface area contributed by atoms with Crippen LogP contribution in [0.2, 0.25) is 0 Å². The molecule has 0 aliphatic heterocycles. The molecule has 0 fully saturated rings. The van der Waals surface area contributed by atoms with E-state index in [1.807, 2.05) is 0 Å². The van der Waals surface area contributed by atoms with Crippen molar-refractivity contribution in [1.82, 2.24) is 9.97 Å². The lowest BCUT2D eigenvalue weighted by molar-refractivity contribution is 0.412. The Morgan fingerprint density at radius 3 is 0.967 bits per heavy atom. The number of hydrogen-bond acceptors (Lipinski definition) is 6. The molecule has 0 amide bonds. The summed E-state index contributed by atoms with van der Waals surface area (Å²) in [7, 11) is 0. The molecule has 9 aromatic rings. The number of fused-ring (bicyclic) bond motifs is 8. The quantitative estimate of drug-likeness (QED) is 0.0750. The van der Waals surface area contributed by atoms with Crippen molar-refractivity contribution >= 4 is 65.2 Å². The Morgan fingerprint density at radius 2 is 0.650 bits per heavy atom. The van der Waals surface area contributed by atoms with Gasteiger partial charge in [0, 0.05) is 21.5 Å². The third-order valence-electron chi connectivity index (χ3n) is 9.98. The van der Waals surface area contributed by atoms with Crippen molar-refractivity contribution in [1.29, 1.82) is 10.5 Å². The highest BCUT2D eigenvalue weighted by molar-refractivity contribution is 6.16. The summed E-state index contributed by atoms with van der Waals surface area (Å²) in [5, 5.41) is 11.0. The molecule has 60 heavy (non-hydrogen) atoms. The summed E-state index contributed by atoms with van der Waals surface area (Å²) in [6.07, 6.45) is 2.99. The minimum absolute atomic E-state index is 0.00660. The van der Waals surface area contributed by atoms with Gasteiger partial charge in [-0.2, -0.15) is 20.5 Å². The summed E-state index contributed by atoms with van der Waals surface area (Å²) in [6, 6.07) is 5.91. The maximum Gasteiger partial charge on any atom is 0.206 e. The number of benzene rings is 6. The van der Waals surface area contributed by atoms with E-state index in [1.165, 1.54) is 12.4 Å². The molecule has 9 rings (SSSR count). The third kappa shape index (κ3) is 4.75. The Kier molecular flexibility index (Phi) is 8.12. The van der Waals surface area contributed by atoms with Gasteiger partial charge >= 0.3 is 0 Å². The Balaban J connectivity index is 1.31. The molecule has 294 valence electrons. The second kappa shape index (κ2) is 12.9. The van der Waals surface area contributed by atoms with Crippen LogP contribution in [0.15, 0.2) is 46.4 Å². The van der Waals surface area contributed by atoms with Gasteiger partial charge in [0.15, 0.2) is 69.8 Å². The normalized spacial score (nSPS) is 12.7. The number of hydrogen-bond donors (Lipinski definition) is 0. The van der Waals surface area contributed by atoms with Gasteiger partial charge in [-0.15, -0.1) is 0 Å². The Labute approximate surface area is 320 Å². The average molecular weight is 837 g/mol. The highest BCUT2D eigenvalue weighted by Crippen LogP contribution is 2.42. The topological polar surface area (TPSA) is 98.1 Å². The zero-order valence-corrected chi connectivity index (χ0v) is 28.4. The fourth-order valence-corrected chi connectivity index (χ4v) is 7.40. The molecule has 0 radical (unpaired) electrons. The first kappa shape index (κ1) is 37.8. The summed E-state index contributed by atoms with van der Waals surface area (Å²) in [5.74, 6) is -32.4. The van der Waals surface area contributed by atoms with Crippen LogP contribution in [0.3, 0.4) is 0 Å². The van der Waals surface area contributed by atoms with Crippen molar-refractivity contribution in [2.45, 2.75) is 0 Å². The van der Waals surface area contributed by atoms with Gasteiger partial charge in [0.1, 0.15) is 33.4 Å². The lowest BCUT2D eigenvalue weighted by atomic mass is 9.96. The van der Waals surface area contributed by atoms with E-state index in [9.17, 15) is 45.6 Å². The molecular weight excluding hydrogens is 830 g/mol. The number of nitrogens with zero attached hydrogens (tertiary/aromatic N) is 6. The maximum atomic E-state index is 15.8. The highest BCUT2D eigenvalue weighted by Gasteiger charge is 2.33. The standard InChI is InChI=1S/C40H6F14N6/c41-21-15(23(43)25(45)19-17(21)27(47)31(51)33(53)29(19)49)9-1-3-11-13(5-9)35(57-7-55)39-37(11)59-40-36(58-8-56)14-6-10(2-4-12(14)38(40)60-39)16-22(42)18-20(26(46)24(16)44)30(50)34(54)32(52)28(18)48/h1-6H. The van der Waals surface area contributed by atoms with Crippen molar-refractivity contribution in [2.75, 3.05) is 0 Å². The molecule has 0 saturated carbocycles. The van der Waals surface area contributed by atoms with Crippen molar-refractivity contribution in [3.63, 3.8) is 0 Å². The van der Waals surface area contributed by atoms with Crippen molar-refractivity contribution in [3.8, 4) is 34.6 Å². The Morgan fingerprint density at radius 1 is 0.350 bits per heavy atom. The third-order valence-corrected chi connectivity index (χ3v) is 9.98. The van der Waals surface area contributed by atoms with Crippen molar-refractivity contribution in [3.05, 3.63) is 129 Å². The second-order valence-corrected chi connectivity index (χ2v) is 12.9. The van der Waals surface area contributed by atoms with Crippen molar-refractivity contribution < 1.29 is 61.5 Å². The summed E-state index contributed by atoms with van der Waals surface area (Å²) < 4.78 is 207. The van der Waals surface area contributed by atoms with Crippen LogP contribution in [0, 0.1) is 104 Å². The molecule has 0 atom stereocenters. The molecule has 8 aromatic carbocycles. The first-order valence-corrected chi connectivity index (χ1v) is 16.4. The number of nitriles is 2. The van der Waals surface area contributed by atoms with Gasteiger partial charge in [-0.3, -0.25) is 0 Å². The highest BCUT2D eigenvalue weighted by atomic mass is 19.2. The molecule has 0 spiro atoms. The monoisotopic (exact) mass is 836 g/mol. The predicted octanol–water partition coefficient (Wildman–Crippen LogP) is 10.3. The Hall–Kier alpha value is -7.74. The molecule has 0 saturated heterocycles. The van der Waals surface area contributed by atoms with Gasteiger partial charge in [0.2, 0.25) is 12.4 Å². The van der Waals surface area contributed by atoms with E-state index < -0.39 is 125 Å². The van der Waals surface area contributed by atoms with E-state index >= 15 is 26.3 Å². The second-order valence-electron chi connectivity index (χ2n) is 12.9. The fourth-order valence-electron chi connectivity index (χ4n) is 7.40. The van der Waals surface area contributed by atoms with Crippen LogP contribution in [-0.2, 0) is 0 Å². The van der Waals surface area contributed by atoms with Gasteiger partial charge in [0.05, 0.1) is 43.7 Å². The molecule has 0 aliphatic rings. The lowest BCUT2D eigenvalue weighted by Gasteiger charge is -2.13. The number of aromatic nitrogens is 2. The van der Waals surface area contributed by atoms with E-state index in [0.29, 0.717) is 0 Å². The molecule has 0 aliphatic carbocycles. The largest absolute Gasteiger partial charge is 0.241 e. The zero-order valence-electron chi connectivity index (χ0n) is 28.4.